The molecule has 11 aromatic rings. The summed E-state index contributed by atoms with van der Waals surface area (Å²) in [7, 11) is 0. The Morgan fingerprint density at radius 2 is 1.04 bits per heavy atom. The van der Waals surface area contributed by atoms with Crippen molar-refractivity contribution in [2.24, 2.45) is 0 Å². The van der Waals surface area contributed by atoms with E-state index in [4.69, 9.17) is 4.42 Å². The van der Waals surface area contributed by atoms with Gasteiger partial charge in [-0.05, 0) is 81.6 Å². The van der Waals surface area contributed by atoms with Crippen molar-refractivity contribution in [2.75, 3.05) is 4.90 Å². The molecule has 2 aromatic heterocycles. The van der Waals surface area contributed by atoms with E-state index in [1.165, 1.54) is 53.2 Å². The van der Waals surface area contributed by atoms with E-state index in [1.54, 1.807) is 0 Å². The number of para-hydroxylation sites is 3. The Labute approximate surface area is 322 Å². The van der Waals surface area contributed by atoms with Gasteiger partial charge in [0, 0.05) is 53.4 Å². The number of hydrogen-bond acceptors (Lipinski definition) is 3. The Morgan fingerprint density at radius 3 is 1.95 bits per heavy atom. The third kappa shape index (κ3) is 5.32. The van der Waals surface area contributed by atoms with Crippen molar-refractivity contribution < 1.29 is 4.42 Å². The second-order valence-corrected chi connectivity index (χ2v) is 15.1. The second-order valence-electron chi connectivity index (χ2n) is 14.1. The lowest BCUT2D eigenvalue weighted by atomic mass is 9.97. The van der Waals surface area contributed by atoms with E-state index >= 15 is 0 Å². The van der Waals surface area contributed by atoms with Crippen LogP contribution in [0.1, 0.15) is 0 Å². The van der Waals surface area contributed by atoms with Crippen LogP contribution in [-0.4, -0.2) is 0 Å². The summed E-state index contributed by atoms with van der Waals surface area (Å²) in [5, 5.41) is 7.34. The van der Waals surface area contributed by atoms with Crippen molar-refractivity contribution in [1.82, 2.24) is 0 Å². The summed E-state index contributed by atoms with van der Waals surface area (Å²) in [5.41, 5.74) is 12.1. The van der Waals surface area contributed by atoms with Gasteiger partial charge in [0.25, 0.3) is 0 Å². The number of benzene rings is 9. The molecule has 0 unspecified atom stereocenters. The van der Waals surface area contributed by atoms with Crippen LogP contribution >= 0.6 is 11.3 Å². The third-order valence-electron chi connectivity index (χ3n) is 10.9. The first-order valence-electron chi connectivity index (χ1n) is 18.7. The molecule has 0 aliphatic heterocycles. The first kappa shape index (κ1) is 31.6. The van der Waals surface area contributed by atoms with Gasteiger partial charge in [-0.1, -0.05) is 152 Å². The van der Waals surface area contributed by atoms with Gasteiger partial charge >= 0.3 is 0 Å². The molecule has 2 heterocycles. The molecular weight excluding hydrogens is 687 g/mol. The molecule has 0 spiro atoms. The summed E-state index contributed by atoms with van der Waals surface area (Å²) < 4.78 is 9.07. The zero-order valence-electron chi connectivity index (χ0n) is 29.8. The minimum atomic E-state index is 0.907. The Hall–Kier alpha value is -6.94. The van der Waals surface area contributed by atoms with Crippen LogP contribution in [0.15, 0.2) is 205 Å². The van der Waals surface area contributed by atoms with Gasteiger partial charge in [0.15, 0.2) is 0 Å². The first-order chi connectivity index (χ1) is 27.3. The highest BCUT2D eigenvalue weighted by Gasteiger charge is 2.20. The van der Waals surface area contributed by atoms with Crippen LogP contribution < -0.4 is 4.90 Å². The Balaban J connectivity index is 1.08. The summed E-state index contributed by atoms with van der Waals surface area (Å²) in [4.78, 5) is 2.41. The Bertz CT molecular complexity index is 3220. The van der Waals surface area contributed by atoms with Crippen LogP contribution in [0, 0.1) is 0 Å². The van der Waals surface area contributed by atoms with Crippen LogP contribution in [0.3, 0.4) is 0 Å². The summed E-state index contributed by atoms with van der Waals surface area (Å²) in [6.07, 6.45) is 0. The number of rotatable bonds is 6. The van der Waals surface area contributed by atoms with E-state index in [0.717, 1.165) is 50.1 Å². The maximum Gasteiger partial charge on any atom is 0.143 e. The lowest BCUT2D eigenvalue weighted by molar-refractivity contribution is 0.670. The van der Waals surface area contributed by atoms with Crippen molar-refractivity contribution in [3.8, 4) is 33.4 Å². The number of furan rings is 1. The highest BCUT2D eigenvalue weighted by atomic mass is 32.1. The van der Waals surface area contributed by atoms with Gasteiger partial charge in [-0.25, -0.2) is 0 Å². The molecule has 9 aromatic carbocycles. The lowest BCUT2D eigenvalue weighted by Crippen LogP contribution is -2.11. The van der Waals surface area contributed by atoms with E-state index in [9.17, 15) is 0 Å². The molecule has 0 aliphatic rings. The molecule has 2 nitrogen and oxygen atoms in total. The average Bonchev–Trinajstić information content (AvgIpc) is 3.83. The van der Waals surface area contributed by atoms with E-state index in [1.807, 2.05) is 23.5 Å². The van der Waals surface area contributed by atoms with E-state index in [0.29, 0.717) is 0 Å². The number of thiophene rings is 1. The van der Waals surface area contributed by atoms with Crippen molar-refractivity contribution in [1.29, 1.82) is 0 Å². The van der Waals surface area contributed by atoms with E-state index in [2.05, 4.69) is 193 Å². The summed E-state index contributed by atoms with van der Waals surface area (Å²) in [6, 6.07) is 72.2. The molecule has 0 saturated heterocycles. The summed E-state index contributed by atoms with van der Waals surface area (Å²) >= 11 is 1.87. The number of fused-ring (bicyclic) bond motifs is 7. The minimum absolute atomic E-state index is 0.907. The maximum absolute atomic E-state index is 6.44. The Morgan fingerprint density at radius 1 is 0.382 bits per heavy atom. The fourth-order valence-electron chi connectivity index (χ4n) is 8.25. The SMILES string of the molecule is c1cc(-c2cccc3c2sc2ccccc23)cc(N(c2ccc(-c3cccc4c3oc3ccccc34)cc2)c2ccccc2-c2ccc3ccccc3c2)c1. The zero-order valence-corrected chi connectivity index (χ0v) is 30.6. The zero-order chi connectivity index (χ0) is 36.3. The number of nitrogens with zero attached hydrogens (tertiary/aromatic N) is 1. The molecule has 0 fully saturated rings. The number of anilines is 3. The van der Waals surface area contributed by atoms with Gasteiger partial charge in [-0.3, -0.25) is 0 Å². The molecule has 0 N–H and O–H groups in total. The van der Waals surface area contributed by atoms with Crippen molar-refractivity contribution in [3.05, 3.63) is 200 Å². The molecule has 0 atom stereocenters. The van der Waals surface area contributed by atoms with Gasteiger partial charge in [-0.2, -0.15) is 0 Å². The predicted octanol–water partition coefficient (Wildman–Crippen LogP) is 15.6. The van der Waals surface area contributed by atoms with Crippen LogP contribution in [0.5, 0.6) is 0 Å². The van der Waals surface area contributed by atoms with E-state index in [-0.39, 0.29) is 0 Å². The van der Waals surface area contributed by atoms with Gasteiger partial charge < -0.3 is 9.32 Å². The summed E-state index contributed by atoms with van der Waals surface area (Å²) in [6.45, 7) is 0. The molecule has 0 amide bonds. The highest BCUT2D eigenvalue weighted by molar-refractivity contribution is 7.26. The first-order valence-corrected chi connectivity index (χ1v) is 19.5. The summed E-state index contributed by atoms with van der Waals surface area (Å²) in [5.74, 6) is 0. The third-order valence-corrected chi connectivity index (χ3v) is 12.1. The fourth-order valence-corrected chi connectivity index (χ4v) is 9.49. The predicted molar refractivity (Wildman–Crippen MR) is 235 cm³/mol. The van der Waals surface area contributed by atoms with E-state index < -0.39 is 0 Å². The topological polar surface area (TPSA) is 16.4 Å². The van der Waals surface area contributed by atoms with Crippen LogP contribution in [0.2, 0.25) is 0 Å². The normalized spacial score (nSPS) is 11.6. The van der Waals surface area contributed by atoms with Crippen LogP contribution in [0.4, 0.5) is 17.1 Å². The second kappa shape index (κ2) is 12.9. The van der Waals surface area contributed by atoms with Gasteiger partial charge in [0.2, 0.25) is 0 Å². The molecule has 11 rings (SSSR count). The standard InChI is InChI=1S/C52H33NOS/c1-2-13-36-32-38(27-26-34(36)12-1)41-16-3-6-23-48(41)53(39-30-28-35(29-31-39)42-19-10-21-46-44-17-4-7-24-49(44)54-51(42)46)40-15-9-14-37(33-40)43-20-11-22-47-45-18-5-8-25-50(45)55-52(43)47/h1-33H. The molecule has 0 radical (unpaired) electrons. The van der Waals surface area contributed by atoms with Gasteiger partial charge in [-0.15, -0.1) is 11.3 Å². The van der Waals surface area contributed by atoms with Crippen molar-refractivity contribution in [3.63, 3.8) is 0 Å². The monoisotopic (exact) mass is 719 g/mol. The minimum Gasteiger partial charge on any atom is -0.455 e. The largest absolute Gasteiger partial charge is 0.455 e. The van der Waals surface area contributed by atoms with Crippen LogP contribution in [0.25, 0.3) is 86.3 Å². The smallest absolute Gasteiger partial charge is 0.143 e. The van der Waals surface area contributed by atoms with Gasteiger partial charge in [0.1, 0.15) is 11.2 Å². The maximum atomic E-state index is 6.44. The molecule has 0 aliphatic carbocycles. The lowest BCUT2D eigenvalue weighted by Gasteiger charge is -2.28. The van der Waals surface area contributed by atoms with Crippen molar-refractivity contribution in [2.45, 2.75) is 0 Å². The Kier molecular flexibility index (Phi) is 7.39. The molecule has 258 valence electrons. The number of hydrogen-bond donors (Lipinski definition) is 0. The molecule has 0 bridgehead atoms. The van der Waals surface area contributed by atoms with Gasteiger partial charge in [0.05, 0.1) is 5.69 Å². The molecular formula is C52H33NOS. The average molecular weight is 720 g/mol. The quantitative estimate of drug-likeness (QED) is 0.170. The highest BCUT2D eigenvalue weighted by Crippen LogP contribution is 2.45. The molecule has 3 heteroatoms. The van der Waals surface area contributed by atoms with Crippen LogP contribution in [-0.2, 0) is 0 Å². The fraction of sp³-hybridized carbons (Fsp3) is 0. The molecule has 0 saturated carbocycles. The molecule has 55 heavy (non-hydrogen) atoms. The van der Waals surface area contributed by atoms with Crippen molar-refractivity contribution >= 4 is 81.3 Å².